The fourth-order valence-corrected chi connectivity index (χ4v) is 4.01. The van der Waals surface area contributed by atoms with Gasteiger partial charge < -0.3 is 25.1 Å². The first kappa shape index (κ1) is 23.1. The summed E-state index contributed by atoms with van der Waals surface area (Å²) in [5, 5.41) is 11.9. The molecule has 0 atom stereocenters. The van der Waals surface area contributed by atoms with Crippen molar-refractivity contribution in [3.05, 3.63) is 47.5 Å². The highest BCUT2D eigenvalue weighted by molar-refractivity contribution is 7.99. The number of amides is 2. The number of thioether (sulfide) groups is 1. The van der Waals surface area contributed by atoms with Gasteiger partial charge in [-0.05, 0) is 25.5 Å². The summed E-state index contributed by atoms with van der Waals surface area (Å²) in [5.41, 5.74) is 7.93. The lowest BCUT2D eigenvalue weighted by Gasteiger charge is -2.14. The number of ether oxygens (including phenoxy) is 2. The number of carbonyl (C=O) groups is 2. The summed E-state index contributed by atoms with van der Waals surface area (Å²) in [6, 6.07) is 10.9. The molecule has 2 aromatic carbocycles. The monoisotopic (exact) mass is 455 g/mol. The van der Waals surface area contributed by atoms with Crippen LogP contribution in [0.25, 0.3) is 11.4 Å². The third-order valence-electron chi connectivity index (χ3n) is 4.81. The summed E-state index contributed by atoms with van der Waals surface area (Å²) < 4.78 is 12.4. The van der Waals surface area contributed by atoms with Crippen LogP contribution in [-0.2, 0) is 11.3 Å². The first-order valence-electron chi connectivity index (χ1n) is 9.87. The molecule has 0 aliphatic rings. The van der Waals surface area contributed by atoms with Crippen LogP contribution in [0.2, 0.25) is 0 Å². The molecule has 10 heteroatoms. The van der Waals surface area contributed by atoms with E-state index in [2.05, 4.69) is 15.5 Å². The number of nitrogens with two attached hydrogens (primary N) is 1. The molecular weight excluding hydrogens is 430 g/mol. The maximum absolute atomic E-state index is 12.6. The SMILES string of the molecule is CCn1c(SCC(=O)Nc2cc(OC)c(OC)cc2C(N)=O)nnc1-c1ccccc1C. The number of nitrogens with zero attached hydrogens (tertiary/aromatic N) is 3. The average molecular weight is 456 g/mol. The Balaban J connectivity index is 1.77. The van der Waals surface area contributed by atoms with Crippen molar-refractivity contribution in [2.75, 3.05) is 25.3 Å². The number of benzene rings is 2. The Morgan fingerprint density at radius 1 is 1.12 bits per heavy atom. The van der Waals surface area contributed by atoms with E-state index < -0.39 is 5.91 Å². The molecule has 3 N–H and O–H groups in total. The molecule has 0 unspecified atom stereocenters. The van der Waals surface area contributed by atoms with Gasteiger partial charge in [-0.15, -0.1) is 10.2 Å². The molecule has 0 fully saturated rings. The number of methoxy groups -OCH3 is 2. The van der Waals surface area contributed by atoms with Crippen LogP contribution >= 0.6 is 11.8 Å². The van der Waals surface area contributed by atoms with Crippen LogP contribution in [0.1, 0.15) is 22.8 Å². The Labute approximate surface area is 190 Å². The summed E-state index contributed by atoms with van der Waals surface area (Å²) in [6.07, 6.45) is 0. The van der Waals surface area contributed by atoms with Crippen molar-refractivity contribution in [3.63, 3.8) is 0 Å². The normalized spacial score (nSPS) is 10.6. The van der Waals surface area contributed by atoms with Gasteiger partial charge in [-0.2, -0.15) is 0 Å². The van der Waals surface area contributed by atoms with E-state index >= 15 is 0 Å². The van der Waals surface area contributed by atoms with Crippen LogP contribution in [0, 0.1) is 6.92 Å². The highest BCUT2D eigenvalue weighted by Gasteiger charge is 2.19. The van der Waals surface area contributed by atoms with Gasteiger partial charge >= 0.3 is 0 Å². The van der Waals surface area contributed by atoms with Crippen LogP contribution in [0.3, 0.4) is 0 Å². The van der Waals surface area contributed by atoms with Crippen LogP contribution in [0.4, 0.5) is 5.69 Å². The predicted octanol–water partition coefficient (Wildman–Crippen LogP) is 3.12. The smallest absolute Gasteiger partial charge is 0.250 e. The standard InChI is InChI=1S/C22H25N5O4S/c1-5-27-21(14-9-7-6-8-13(14)2)25-26-22(27)32-12-19(28)24-16-11-18(31-4)17(30-3)10-15(16)20(23)29/h6-11H,5,12H2,1-4H3,(H2,23,29)(H,24,28). The predicted molar refractivity (Wildman–Crippen MR) is 123 cm³/mol. The largest absolute Gasteiger partial charge is 0.493 e. The van der Waals surface area contributed by atoms with Crippen molar-refractivity contribution < 1.29 is 19.1 Å². The molecule has 0 saturated heterocycles. The lowest BCUT2D eigenvalue weighted by atomic mass is 10.1. The zero-order valence-electron chi connectivity index (χ0n) is 18.3. The molecule has 32 heavy (non-hydrogen) atoms. The summed E-state index contributed by atoms with van der Waals surface area (Å²) in [5.74, 6) is 0.514. The number of hydrogen-bond acceptors (Lipinski definition) is 7. The number of primary amides is 1. The van der Waals surface area contributed by atoms with E-state index in [-0.39, 0.29) is 22.9 Å². The molecule has 168 valence electrons. The minimum atomic E-state index is -0.692. The van der Waals surface area contributed by atoms with Gasteiger partial charge in [0.25, 0.3) is 5.91 Å². The molecule has 0 bridgehead atoms. The fourth-order valence-electron chi connectivity index (χ4n) is 3.21. The first-order chi connectivity index (χ1) is 15.4. The average Bonchev–Trinajstić information content (AvgIpc) is 3.20. The zero-order valence-corrected chi connectivity index (χ0v) is 19.2. The third kappa shape index (κ3) is 4.86. The van der Waals surface area contributed by atoms with E-state index in [1.807, 2.05) is 42.7 Å². The summed E-state index contributed by atoms with van der Waals surface area (Å²) in [6.45, 7) is 4.67. The van der Waals surface area contributed by atoms with E-state index in [4.69, 9.17) is 15.2 Å². The maximum Gasteiger partial charge on any atom is 0.250 e. The van der Waals surface area contributed by atoms with Crippen molar-refractivity contribution in [1.82, 2.24) is 14.8 Å². The Bertz CT molecular complexity index is 1150. The summed E-state index contributed by atoms with van der Waals surface area (Å²) in [4.78, 5) is 24.5. The maximum atomic E-state index is 12.6. The fraction of sp³-hybridized carbons (Fsp3) is 0.273. The molecule has 0 spiro atoms. The minimum Gasteiger partial charge on any atom is -0.493 e. The van der Waals surface area contributed by atoms with Crippen LogP contribution < -0.4 is 20.5 Å². The van der Waals surface area contributed by atoms with Crippen LogP contribution in [0.5, 0.6) is 11.5 Å². The molecule has 0 aliphatic carbocycles. The lowest BCUT2D eigenvalue weighted by molar-refractivity contribution is -0.113. The second-order valence-corrected chi connectivity index (χ2v) is 7.76. The molecule has 1 heterocycles. The number of nitrogens with one attached hydrogen (secondary N) is 1. The number of carbonyl (C=O) groups excluding carboxylic acids is 2. The number of rotatable bonds is 9. The van der Waals surface area contributed by atoms with E-state index in [1.54, 1.807) is 0 Å². The van der Waals surface area contributed by atoms with Crippen molar-refractivity contribution in [3.8, 4) is 22.9 Å². The van der Waals surface area contributed by atoms with Crippen LogP contribution in [0.15, 0.2) is 41.6 Å². The number of anilines is 1. The summed E-state index contributed by atoms with van der Waals surface area (Å²) in [7, 11) is 2.92. The minimum absolute atomic E-state index is 0.0679. The third-order valence-corrected chi connectivity index (χ3v) is 5.78. The van der Waals surface area contributed by atoms with E-state index in [0.29, 0.717) is 23.2 Å². The zero-order chi connectivity index (χ0) is 23.3. The van der Waals surface area contributed by atoms with E-state index in [9.17, 15) is 9.59 Å². The topological polar surface area (TPSA) is 121 Å². The van der Waals surface area contributed by atoms with Crippen molar-refractivity contribution >= 4 is 29.3 Å². The highest BCUT2D eigenvalue weighted by atomic mass is 32.2. The van der Waals surface area contributed by atoms with Gasteiger partial charge in [-0.1, -0.05) is 36.0 Å². The Morgan fingerprint density at radius 3 is 2.44 bits per heavy atom. The van der Waals surface area contributed by atoms with E-state index in [0.717, 1.165) is 17.0 Å². The number of aryl methyl sites for hydroxylation is 1. The lowest BCUT2D eigenvalue weighted by Crippen LogP contribution is -2.20. The molecular formula is C22H25N5O4S. The second kappa shape index (κ2) is 10.2. The Kier molecular flexibility index (Phi) is 7.37. The second-order valence-electron chi connectivity index (χ2n) is 6.82. The highest BCUT2D eigenvalue weighted by Crippen LogP contribution is 2.33. The van der Waals surface area contributed by atoms with E-state index in [1.165, 1.54) is 38.1 Å². The molecule has 0 radical (unpaired) electrons. The Hall–Kier alpha value is -3.53. The van der Waals surface area contributed by atoms with Crippen molar-refractivity contribution in [1.29, 1.82) is 0 Å². The van der Waals surface area contributed by atoms with Gasteiger partial charge in [0.2, 0.25) is 5.91 Å². The molecule has 0 aliphatic heterocycles. The Morgan fingerprint density at radius 2 is 1.81 bits per heavy atom. The molecule has 0 saturated carbocycles. The van der Waals surface area contributed by atoms with Gasteiger partial charge in [-0.25, -0.2) is 0 Å². The van der Waals surface area contributed by atoms with Gasteiger partial charge in [0.1, 0.15) is 0 Å². The van der Waals surface area contributed by atoms with Crippen molar-refractivity contribution in [2.45, 2.75) is 25.5 Å². The van der Waals surface area contributed by atoms with Crippen LogP contribution in [-0.4, -0.2) is 46.6 Å². The summed E-state index contributed by atoms with van der Waals surface area (Å²) >= 11 is 1.26. The molecule has 3 aromatic rings. The molecule has 1 aromatic heterocycles. The van der Waals surface area contributed by atoms with Gasteiger partial charge in [0.15, 0.2) is 22.5 Å². The van der Waals surface area contributed by atoms with Gasteiger partial charge in [0, 0.05) is 18.2 Å². The van der Waals surface area contributed by atoms with Crippen molar-refractivity contribution in [2.24, 2.45) is 5.73 Å². The molecule has 2 amide bonds. The first-order valence-corrected chi connectivity index (χ1v) is 10.9. The van der Waals surface area contributed by atoms with Gasteiger partial charge in [0.05, 0.1) is 31.2 Å². The number of hydrogen-bond donors (Lipinski definition) is 2. The van der Waals surface area contributed by atoms with Gasteiger partial charge in [-0.3, -0.25) is 9.59 Å². The number of aromatic nitrogens is 3. The molecule has 9 nitrogen and oxygen atoms in total. The quantitative estimate of drug-likeness (QED) is 0.476. The molecule has 3 rings (SSSR count).